The van der Waals surface area contributed by atoms with Gasteiger partial charge in [0.15, 0.2) is 0 Å². The molecular weight excluding hydrogens is 737 g/mol. The van der Waals surface area contributed by atoms with Gasteiger partial charge in [-0.1, -0.05) is 91.3 Å². The summed E-state index contributed by atoms with van der Waals surface area (Å²) < 4.78 is 2.57. The first-order valence-corrected chi connectivity index (χ1v) is 18.5. The number of aryl methyl sites for hydroxylation is 1. The standard InChI is InChI=1S/C24H16NS.C14H16NSi.Ir/c1-16-11-12-25-22(13-16)19-8-10-23-21(14-19)20-9-7-18(15-24(20)26-23)17-5-3-2-4-6-17;1-16(2,3)13-9-10-14(15-11-13)12-7-5-4-6-8-12;/h2-7,9-15H,1H3;4-7,9-11H,1-3H3;/q2*-1;. The van der Waals surface area contributed by atoms with Crippen molar-refractivity contribution in [1.29, 1.82) is 0 Å². The minimum atomic E-state index is -1.23. The van der Waals surface area contributed by atoms with Gasteiger partial charge in [0.2, 0.25) is 0 Å². The molecule has 3 heterocycles. The third-order valence-electron chi connectivity index (χ3n) is 7.32. The molecule has 0 atom stereocenters. The Morgan fingerprint density at radius 1 is 0.651 bits per heavy atom. The first-order chi connectivity index (χ1) is 20.3. The topological polar surface area (TPSA) is 25.8 Å². The number of fused-ring (bicyclic) bond motifs is 3. The van der Waals surface area contributed by atoms with E-state index in [2.05, 4.69) is 128 Å². The maximum atomic E-state index is 4.52. The van der Waals surface area contributed by atoms with Gasteiger partial charge in [0.25, 0.3) is 0 Å². The van der Waals surface area contributed by atoms with Crippen LogP contribution in [-0.4, -0.2) is 18.0 Å². The molecular formula is C38H32IrN2SSi-2. The fraction of sp³-hybridized carbons (Fsp3) is 0.105. The van der Waals surface area contributed by atoms with Crippen LogP contribution in [0.3, 0.4) is 0 Å². The predicted octanol–water partition coefficient (Wildman–Crippen LogP) is 9.98. The van der Waals surface area contributed by atoms with Crippen molar-refractivity contribution < 1.29 is 20.1 Å². The SMILES string of the molecule is C[Si](C)(C)c1ccc(-c2[c-]cccc2)nc1.Cc1ccnc(-c2[c-]cc3sc4cc(-c5ccccc5)ccc4c3c2)c1.[Ir]. The third kappa shape index (κ3) is 7.09. The predicted molar refractivity (Wildman–Crippen MR) is 183 cm³/mol. The normalized spacial score (nSPS) is 11.1. The van der Waals surface area contributed by atoms with Gasteiger partial charge in [0.1, 0.15) is 0 Å². The van der Waals surface area contributed by atoms with E-state index in [1.54, 1.807) is 0 Å². The van der Waals surface area contributed by atoms with Gasteiger partial charge in [-0.25, -0.2) is 0 Å². The van der Waals surface area contributed by atoms with E-state index in [4.69, 9.17) is 0 Å². The second-order valence-corrected chi connectivity index (χ2v) is 17.6. The van der Waals surface area contributed by atoms with E-state index in [0.29, 0.717) is 0 Å². The number of hydrogen-bond acceptors (Lipinski definition) is 3. The summed E-state index contributed by atoms with van der Waals surface area (Å²) in [5, 5.41) is 3.97. The van der Waals surface area contributed by atoms with E-state index in [0.717, 1.165) is 22.5 Å². The van der Waals surface area contributed by atoms with E-state index in [1.807, 2.05) is 54.1 Å². The van der Waals surface area contributed by atoms with Crippen LogP contribution in [0.2, 0.25) is 19.6 Å². The summed E-state index contributed by atoms with van der Waals surface area (Å²) in [6, 6.07) is 44.6. The van der Waals surface area contributed by atoms with Crippen molar-refractivity contribution in [2.24, 2.45) is 0 Å². The van der Waals surface area contributed by atoms with Crippen molar-refractivity contribution in [3.8, 4) is 33.6 Å². The molecule has 0 aliphatic heterocycles. The van der Waals surface area contributed by atoms with Crippen LogP contribution in [0.5, 0.6) is 0 Å². The third-order valence-corrected chi connectivity index (χ3v) is 10.5. The second kappa shape index (κ2) is 13.3. The van der Waals surface area contributed by atoms with Crippen molar-refractivity contribution in [1.82, 2.24) is 9.97 Å². The summed E-state index contributed by atoms with van der Waals surface area (Å²) in [7, 11) is -1.23. The maximum absolute atomic E-state index is 4.52. The molecule has 0 bridgehead atoms. The first kappa shape index (κ1) is 30.7. The summed E-state index contributed by atoms with van der Waals surface area (Å²) in [5.41, 5.74) is 7.82. The number of rotatable bonds is 4. The molecule has 2 nitrogen and oxygen atoms in total. The molecule has 0 amide bonds. The average Bonchev–Trinajstić information content (AvgIpc) is 3.39. The molecule has 4 aromatic carbocycles. The molecule has 0 N–H and O–H groups in total. The number of pyridine rings is 2. The van der Waals surface area contributed by atoms with Crippen LogP contribution in [0.4, 0.5) is 0 Å². The van der Waals surface area contributed by atoms with Gasteiger partial charge in [0, 0.05) is 37.2 Å². The number of benzene rings is 4. The Morgan fingerprint density at radius 2 is 1.47 bits per heavy atom. The van der Waals surface area contributed by atoms with Gasteiger partial charge in [-0.3, -0.25) is 0 Å². The zero-order valence-electron chi connectivity index (χ0n) is 24.7. The van der Waals surface area contributed by atoms with E-state index in [9.17, 15) is 0 Å². The molecule has 0 aliphatic carbocycles. The minimum absolute atomic E-state index is 0. The average molecular weight is 769 g/mol. The summed E-state index contributed by atoms with van der Waals surface area (Å²) in [5.74, 6) is 0. The Balaban J connectivity index is 0.000000188. The van der Waals surface area contributed by atoms with Gasteiger partial charge >= 0.3 is 0 Å². The van der Waals surface area contributed by atoms with Crippen molar-refractivity contribution in [2.45, 2.75) is 26.6 Å². The molecule has 215 valence electrons. The first-order valence-electron chi connectivity index (χ1n) is 14.2. The zero-order chi connectivity index (χ0) is 29.1. The quantitative estimate of drug-likeness (QED) is 0.132. The number of thiophene rings is 1. The minimum Gasteiger partial charge on any atom is -0.305 e. The smallest absolute Gasteiger partial charge is 0.0795 e. The largest absolute Gasteiger partial charge is 0.305 e. The molecule has 7 aromatic rings. The Kier molecular flexibility index (Phi) is 9.48. The van der Waals surface area contributed by atoms with Crippen molar-refractivity contribution in [3.05, 3.63) is 139 Å². The summed E-state index contributed by atoms with van der Waals surface area (Å²) in [6.45, 7) is 9.09. The van der Waals surface area contributed by atoms with Crippen LogP contribution in [0.15, 0.2) is 122 Å². The molecule has 0 saturated heterocycles. The number of aromatic nitrogens is 2. The fourth-order valence-corrected chi connectivity index (χ4v) is 7.05. The Labute approximate surface area is 272 Å². The van der Waals surface area contributed by atoms with E-state index < -0.39 is 8.07 Å². The summed E-state index contributed by atoms with van der Waals surface area (Å²) in [6.07, 6.45) is 3.88. The zero-order valence-corrected chi connectivity index (χ0v) is 28.9. The van der Waals surface area contributed by atoms with Crippen molar-refractivity contribution >= 4 is 44.8 Å². The number of nitrogens with zero attached hydrogens (tertiary/aromatic N) is 2. The molecule has 0 spiro atoms. The molecule has 0 fully saturated rings. The number of hydrogen-bond donors (Lipinski definition) is 0. The fourth-order valence-electron chi connectivity index (χ4n) is 4.91. The maximum Gasteiger partial charge on any atom is 0.0795 e. The van der Waals surface area contributed by atoms with Gasteiger partial charge in [0.05, 0.1) is 8.07 Å². The van der Waals surface area contributed by atoms with Crippen molar-refractivity contribution in [2.75, 3.05) is 0 Å². The van der Waals surface area contributed by atoms with Gasteiger partial charge in [-0.15, -0.1) is 59.7 Å². The monoisotopic (exact) mass is 769 g/mol. The molecule has 43 heavy (non-hydrogen) atoms. The van der Waals surface area contributed by atoms with Crippen LogP contribution in [0.25, 0.3) is 53.8 Å². The van der Waals surface area contributed by atoms with Crippen LogP contribution in [0.1, 0.15) is 5.56 Å². The molecule has 7 rings (SSSR count). The second-order valence-electron chi connectivity index (χ2n) is 11.5. The molecule has 1 radical (unpaired) electrons. The van der Waals surface area contributed by atoms with Gasteiger partial charge in [-0.05, 0) is 56.8 Å². The van der Waals surface area contributed by atoms with Gasteiger partial charge < -0.3 is 9.97 Å². The Morgan fingerprint density at radius 3 is 2.16 bits per heavy atom. The molecule has 5 heteroatoms. The molecule has 0 saturated carbocycles. The van der Waals surface area contributed by atoms with Crippen LogP contribution >= 0.6 is 11.3 Å². The molecule has 0 unspecified atom stereocenters. The van der Waals surface area contributed by atoms with Crippen LogP contribution in [0, 0.1) is 19.1 Å². The van der Waals surface area contributed by atoms with Gasteiger partial charge in [-0.2, -0.15) is 11.3 Å². The molecule has 0 aliphatic rings. The van der Waals surface area contributed by atoms with E-state index in [1.165, 1.54) is 42.0 Å². The summed E-state index contributed by atoms with van der Waals surface area (Å²) >= 11 is 1.83. The van der Waals surface area contributed by atoms with Crippen molar-refractivity contribution in [3.63, 3.8) is 0 Å². The summed E-state index contributed by atoms with van der Waals surface area (Å²) in [4.78, 5) is 9.03. The van der Waals surface area contributed by atoms with Crippen LogP contribution < -0.4 is 5.19 Å². The Hall–Kier alpha value is -3.73. The Bertz CT molecular complexity index is 1960. The van der Waals surface area contributed by atoms with E-state index >= 15 is 0 Å². The molecule has 3 aromatic heterocycles. The van der Waals surface area contributed by atoms with Crippen LogP contribution in [-0.2, 0) is 20.1 Å². The van der Waals surface area contributed by atoms with E-state index in [-0.39, 0.29) is 20.1 Å².